The highest BCUT2D eigenvalue weighted by atomic mass is 16.3. The zero-order chi connectivity index (χ0) is 27.2. The fourth-order valence-electron chi connectivity index (χ4n) is 4.15. The first-order valence-electron chi connectivity index (χ1n) is 12.5. The zero-order valence-corrected chi connectivity index (χ0v) is 22.5. The number of amides is 2. The fraction of sp³-hybridized carbons (Fsp3) is 0.323. The number of phenols is 1. The third-order valence-corrected chi connectivity index (χ3v) is 6.10. The first kappa shape index (κ1) is 27.7. The van der Waals surface area contributed by atoms with Gasteiger partial charge in [0.2, 0.25) is 5.91 Å². The largest absolute Gasteiger partial charge is 0.507 e. The van der Waals surface area contributed by atoms with Crippen LogP contribution in [0.15, 0.2) is 77.9 Å². The molecule has 3 aromatic carbocycles. The predicted octanol–water partition coefficient (Wildman–Crippen LogP) is 5.39. The minimum atomic E-state index is -0.526. The van der Waals surface area contributed by atoms with Crippen molar-refractivity contribution in [1.82, 2.24) is 10.7 Å². The number of hydrogen-bond acceptors (Lipinski definition) is 4. The summed E-state index contributed by atoms with van der Waals surface area (Å²) in [4.78, 5) is 25.5. The van der Waals surface area contributed by atoms with E-state index in [0.717, 1.165) is 27.8 Å². The molecule has 0 aliphatic carbocycles. The second kappa shape index (κ2) is 11.4. The Hall–Kier alpha value is -3.93. The van der Waals surface area contributed by atoms with Crippen molar-refractivity contribution in [2.75, 3.05) is 6.54 Å². The van der Waals surface area contributed by atoms with E-state index in [0.29, 0.717) is 0 Å². The minimum Gasteiger partial charge on any atom is -0.507 e. The monoisotopic (exact) mass is 499 g/mol. The fourth-order valence-corrected chi connectivity index (χ4v) is 4.15. The van der Waals surface area contributed by atoms with Crippen molar-refractivity contribution in [2.24, 2.45) is 5.10 Å². The first-order valence-corrected chi connectivity index (χ1v) is 12.5. The molecule has 3 aromatic rings. The van der Waals surface area contributed by atoms with Crippen LogP contribution in [0.3, 0.4) is 0 Å². The molecule has 6 nitrogen and oxygen atoms in total. The standard InChI is InChI=1S/C31H37N3O3/c1-30(2,3)24-17-21(18-25(28(24)36)31(4,5)6)19-33-34-26(35)20-32-29(37)27(22-13-9-7-10-14-22)23-15-11-8-12-16-23/h7-19,27,36H,20H2,1-6H3,(H,32,37)(H,34,35)/b33-19+. The summed E-state index contributed by atoms with van der Waals surface area (Å²) in [5, 5.41) is 17.7. The Morgan fingerprint density at radius 2 is 1.30 bits per heavy atom. The van der Waals surface area contributed by atoms with E-state index in [-0.39, 0.29) is 29.0 Å². The number of nitrogens with one attached hydrogen (secondary N) is 2. The number of aromatic hydroxyl groups is 1. The van der Waals surface area contributed by atoms with Crippen LogP contribution in [0.25, 0.3) is 0 Å². The molecular formula is C31H37N3O3. The number of carbonyl (C=O) groups is 2. The maximum atomic E-state index is 13.1. The van der Waals surface area contributed by atoms with Crippen molar-refractivity contribution in [3.8, 4) is 5.75 Å². The second-order valence-corrected chi connectivity index (χ2v) is 11.2. The van der Waals surface area contributed by atoms with Gasteiger partial charge in [-0.05, 0) is 39.7 Å². The third-order valence-electron chi connectivity index (χ3n) is 6.10. The number of hydrogen-bond donors (Lipinski definition) is 3. The summed E-state index contributed by atoms with van der Waals surface area (Å²) in [5.74, 6) is -0.937. The van der Waals surface area contributed by atoms with Crippen LogP contribution in [-0.4, -0.2) is 29.7 Å². The molecule has 3 N–H and O–H groups in total. The van der Waals surface area contributed by atoms with E-state index in [2.05, 4.69) is 15.8 Å². The Morgan fingerprint density at radius 3 is 1.73 bits per heavy atom. The Labute approximate surface area is 219 Å². The van der Waals surface area contributed by atoms with Crippen LogP contribution < -0.4 is 10.7 Å². The topological polar surface area (TPSA) is 90.8 Å². The van der Waals surface area contributed by atoms with E-state index in [1.165, 1.54) is 0 Å². The molecule has 0 fully saturated rings. The summed E-state index contributed by atoms with van der Waals surface area (Å²) in [6, 6.07) is 22.7. The SMILES string of the molecule is CC(C)(C)c1cc(/C=N/NC(=O)CNC(=O)C(c2ccccc2)c2ccccc2)cc(C(C)(C)C)c1O. The second-order valence-electron chi connectivity index (χ2n) is 11.2. The number of phenolic OH excluding ortho intramolecular Hbond substituents is 1. The van der Waals surface area contributed by atoms with E-state index < -0.39 is 11.8 Å². The zero-order valence-electron chi connectivity index (χ0n) is 22.5. The number of hydrazone groups is 1. The Kier molecular flexibility index (Phi) is 8.53. The lowest BCUT2D eigenvalue weighted by molar-refractivity contribution is -0.126. The lowest BCUT2D eigenvalue weighted by Crippen LogP contribution is -2.37. The molecule has 0 aliphatic heterocycles. The summed E-state index contributed by atoms with van der Waals surface area (Å²) in [6.45, 7) is 12.0. The van der Waals surface area contributed by atoms with Crippen molar-refractivity contribution in [3.63, 3.8) is 0 Å². The van der Waals surface area contributed by atoms with Gasteiger partial charge < -0.3 is 10.4 Å². The van der Waals surface area contributed by atoms with Crippen LogP contribution in [0.5, 0.6) is 5.75 Å². The summed E-state index contributed by atoms with van der Waals surface area (Å²) in [6.07, 6.45) is 1.56. The molecular weight excluding hydrogens is 462 g/mol. The van der Waals surface area contributed by atoms with Crippen molar-refractivity contribution in [2.45, 2.75) is 58.3 Å². The smallest absolute Gasteiger partial charge is 0.259 e. The van der Waals surface area contributed by atoms with Crippen molar-refractivity contribution >= 4 is 18.0 Å². The molecule has 0 saturated carbocycles. The molecule has 0 radical (unpaired) electrons. The van der Waals surface area contributed by atoms with Gasteiger partial charge in [-0.15, -0.1) is 0 Å². The highest BCUT2D eigenvalue weighted by Gasteiger charge is 2.26. The lowest BCUT2D eigenvalue weighted by atomic mass is 9.78. The number of rotatable bonds is 7. The molecule has 6 heteroatoms. The van der Waals surface area contributed by atoms with Crippen LogP contribution in [0.2, 0.25) is 0 Å². The van der Waals surface area contributed by atoms with Crippen molar-refractivity contribution in [3.05, 3.63) is 101 Å². The van der Waals surface area contributed by atoms with Crippen LogP contribution in [-0.2, 0) is 20.4 Å². The number of nitrogens with zero attached hydrogens (tertiary/aromatic N) is 1. The van der Waals surface area contributed by atoms with Crippen LogP contribution in [0, 0.1) is 0 Å². The number of benzene rings is 3. The summed E-state index contributed by atoms with van der Waals surface area (Å²) in [7, 11) is 0. The van der Waals surface area contributed by atoms with E-state index in [4.69, 9.17) is 0 Å². The summed E-state index contributed by atoms with van der Waals surface area (Å²) in [5.41, 5.74) is 6.04. The lowest BCUT2D eigenvalue weighted by Gasteiger charge is -2.27. The molecule has 0 aromatic heterocycles. The molecule has 0 unspecified atom stereocenters. The van der Waals surface area contributed by atoms with Gasteiger partial charge in [0.05, 0.1) is 18.7 Å². The Morgan fingerprint density at radius 1 is 0.838 bits per heavy atom. The molecule has 0 aliphatic rings. The van der Waals surface area contributed by atoms with E-state index in [1.807, 2.05) is 114 Å². The molecule has 2 amide bonds. The Balaban J connectivity index is 1.70. The summed E-state index contributed by atoms with van der Waals surface area (Å²) >= 11 is 0. The minimum absolute atomic E-state index is 0.206. The molecule has 194 valence electrons. The molecule has 0 spiro atoms. The van der Waals surface area contributed by atoms with E-state index in [1.54, 1.807) is 6.21 Å². The summed E-state index contributed by atoms with van der Waals surface area (Å²) < 4.78 is 0. The predicted molar refractivity (Wildman–Crippen MR) is 149 cm³/mol. The molecule has 0 atom stereocenters. The van der Waals surface area contributed by atoms with Gasteiger partial charge in [-0.2, -0.15) is 5.10 Å². The van der Waals surface area contributed by atoms with Crippen LogP contribution >= 0.6 is 0 Å². The molecule has 0 heterocycles. The Bertz CT molecular complexity index is 1180. The van der Waals surface area contributed by atoms with Crippen molar-refractivity contribution < 1.29 is 14.7 Å². The quantitative estimate of drug-likeness (QED) is 0.301. The average molecular weight is 500 g/mol. The molecule has 37 heavy (non-hydrogen) atoms. The molecule has 0 saturated heterocycles. The highest BCUT2D eigenvalue weighted by molar-refractivity contribution is 5.91. The van der Waals surface area contributed by atoms with Gasteiger partial charge in [0.15, 0.2) is 0 Å². The van der Waals surface area contributed by atoms with Gasteiger partial charge in [0, 0.05) is 11.1 Å². The van der Waals surface area contributed by atoms with Gasteiger partial charge in [-0.25, -0.2) is 5.43 Å². The van der Waals surface area contributed by atoms with Gasteiger partial charge in [-0.1, -0.05) is 102 Å². The average Bonchev–Trinajstić information content (AvgIpc) is 2.83. The van der Waals surface area contributed by atoms with Gasteiger partial charge in [0.25, 0.3) is 5.91 Å². The highest BCUT2D eigenvalue weighted by Crippen LogP contribution is 2.39. The van der Waals surface area contributed by atoms with Crippen LogP contribution in [0.1, 0.15) is 75.3 Å². The van der Waals surface area contributed by atoms with E-state index in [9.17, 15) is 14.7 Å². The van der Waals surface area contributed by atoms with Gasteiger partial charge in [0.1, 0.15) is 5.75 Å². The maximum Gasteiger partial charge on any atom is 0.259 e. The van der Waals surface area contributed by atoms with Gasteiger partial charge >= 0.3 is 0 Å². The molecule has 0 bridgehead atoms. The normalized spacial score (nSPS) is 12.1. The first-order chi connectivity index (χ1) is 17.4. The van der Waals surface area contributed by atoms with Crippen molar-refractivity contribution in [1.29, 1.82) is 0 Å². The van der Waals surface area contributed by atoms with Crippen LogP contribution in [0.4, 0.5) is 0 Å². The maximum absolute atomic E-state index is 13.1. The third kappa shape index (κ3) is 7.29. The van der Waals surface area contributed by atoms with E-state index >= 15 is 0 Å². The molecule has 3 rings (SSSR count). The van der Waals surface area contributed by atoms with Gasteiger partial charge in [-0.3, -0.25) is 9.59 Å². The number of carbonyl (C=O) groups excluding carboxylic acids is 2.